The predicted molar refractivity (Wildman–Crippen MR) is 91.4 cm³/mol. The van der Waals surface area contributed by atoms with E-state index in [0.29, 0.717) is 36.3 Å². The zero-order valence-electron chi connectivity index (χ0n) is 13.8. The normalized spacial score (nSPS) is 13.6. The number of nitrogens with zero attached hydrogens (tertiary/aromatic N) is 3. The largest absolute Gasteiger partial charge is 0.334 e. The van der Waals surface area contributed by atoms with E-state index in [4.69, 9.17) is 0 Å². The predicted octanol–water partition coefficient (Wildman–Crippen LogP) is 3.12. The van der Waals surface area contributed by atoms with E-state index in [1.54, 1.807) is 35.5 Å². The smallest absolute Gasteiger partial charge is 0.255 e. The standard InChI is InChI=1S/C19H17FN4O/c1-12-8-13(10-21-9-12)19(25)24-7-6-17-15(11-24)18(23-22-17)14-4-2-3-5-16(14)20/h2-5,8-10H,6-7,11H2,1H3,(H,22,23). The average Bonchev–Trinajstić information content (AvgIpc) is 3.04. The second kappa shape index (κ2) is 6.12. The summed E-state index contributed by atoms with van der Waals surface area (Å²) in [5.41, 5.74) is 4.38. The highest BCUT2D eigenvalue weighted by Crippen LogP contribution is 2.30. The van der Waals surface area contributed by atoms with Gasteiger partial charge in [-0.1, -0.05) is 12.1 Å². The number of halogens is 1. The van der Waals surface area contributed by atoms with Crippen molar-refractivity contribution in [2.45, 2.75) is 19.9 Å². The highest BCUT2D eigenvalue weighted by Gasteiger charge is 2.27. The molecule has 0 saturated heterocycles. The minimum atomic E-state index is -0.317. The van der Waals surface area contributed by atoms with Crippen LogP contribution in [0.15, 0.2) is 42.7 Å². The van der Waals surface area contributed by atoms with Crippen molar-refractivity contribution >= 4 is 5.91 Å². The maximum atomic E-state index is 14.1. The van der Waals surface area contributed by atoms with Crippen LogP contribution in [0, 0.1) is 12.7 Å². The van der Waals surface area contributed by atoms with Crippen molar-refractivity contribution in [3.63, 3.8) is 0 Å². The van der Waals surface area contributed by atoms with Crippen LogP contribution < -0.4 is 0 Å². The number of aromatic nitrogens is 3. The highest BCUT2D eigenvalue weighted by molar-refractivity contribution is 5.94. The second-order valence-corrected chi connectivity index (χ2v) is 6.24. The topological polar surface area (TPSA) is 61.9 Å². The first-order valence-electron chi connectivity index (χ1n) is 8.15. The van der Waals surface area contributed by atoms with Crippen molar-refractivity contribution in [2.75, 3.05) is 6.54 Å². The van der Waals surface area contributed by atoms with Gasteiger partial charge in [0.25, 0.3) is 5.91 Å². The summed E-state index contributed by atoms with van der Waals surface area (Å²) in [6, 6.07) is 8.39. The lowest BCUT2D eigenvalue weighted by Crippen LogP contribution is -2.36. The van der Waals surface area contributed by atoms with E-state index in [0.717, 1.165) is 16.8 Å². The third kappa shape index (κ3) is 2.80. The van der Waals surface area contributed by atoms with Gasteiger partial charge in [-0.3, -0.25) is 14.9 Å². The van der Waals surface area contributed by atoms with Crippen molar-refractivity contribution in [3.8, 4) is 11.3 Å². The molecule has 126 valence electrons. The molecule has 1 aliphatic rings. The number of nitrogens with one attached hydrogen (secondary N) is 1. The third-order valence-corrected chi connectivity index (χ3v) is 4.47. The van der Waals surface area contributed by atoms with Crippen molar-refractivity contribution in [2.24, 2.45) is 0 Å². The van der Waals surface area contributed by atoms with E-state index >= 15 is 0 Å². The number of carbonyl (C=O) groups is 1. The minimum absolute atomic E-state index is 0.0671. The van der Waals surface area contributed by atoms with E-state index in [9.17, 15) is 9.18 Å². The Morgan fingerprint density at radius 1 is 1.28 bits per heavy atom. The molecule has 25 heavy (non-hydrogen) atoms. The van der Waals surface area contributed by atoms with E-state index in [-0.39, 0.29) is 11.7 Å². The fourth-order valence-electron chi connectivity index (χ4n) is 3.20. The minimum Gasteiger partial charge on any atom is -0.334 e. The third-order valence-electron chi connectivity index (χ3n) is 4.47. The van der Waals surface area contributed by atoms with Crippen LogP contribution in [-0.4, -0.2) is 32.5 Å². The van der Waals surface area contributed by atoms with Gasteiger partial charge >= 0.3 is 0 Å². The van der Waals surface area contributed by atoms with Crippen LogP contribution in [0.4, 0.5) is 4.39 Å². The molecule has 0 fully saturated rings. The number of H-pyrrole nitrogens is 1. The second-order valence-electron chi connectivity index (χ2n) is 6.24. The molecule has 1 aromatic carbocycles. The molecule has 0 unspecified atom stereocenters. The SMILES string of the molecule is Cc1cncc(C(=O)N2CCc3[nH]nc(-c4ccccc4F)c3C2)c1. The van der Waals surface area contributed by atoms with Gasteiger partial charge in [0.15, 0.2) is 0 Å². The molecule has 1 N–H and O–H groups in total. The molecule has 0 saturated carbocycles. The lowest BCUT2D eigenvalue weighted by Gasteiger charge is -2.27. The number of fused-ring (bicyclic) bond motifs is 1. The Morgan fingerprint density at radius 3 is 2.92 bits per heavy atom. The van der Waals surface area contributed by atoms with Crippen LogP contribution >= 0.6 is 0 Å². The number of benzene rings is 1. The van der Waals surface area contributed by atoms with E-state index < -0.39 is 0 Å². The Morgan fingerprint density at radius 2 is 2.12 bits per heavy atom. The fourth-order valence-corrected chi connectivity index (χ4v) is 3.20. The number of carbonyl (C=O) groups excluding carboxylic acids is 1. The van der Waals surface area contributed by atoms with Crippen LogP contribution in [0.1, 0.15) is 27.2 Å². The summed E-state index contributed by atoms with van der Waals surface area (Å²) in [6.45, 7) is 2.91. The zero-order valence-corrected chi connectivity index (χ0v) is 13.8. The summed E-state index contributed by atoms with van der Waals surface area (Å²) in [4.78, 5) is 18.6. The number of hydrogen-bond donors (Lipinski definition) is 1. The lowest BCUT2D eigenvalue weighted by molar-refractivity contribution is 0.0734. The Balaban J connectivity index is 1.66. The maximum Gasteiger partial charge on any atom is 0.255 e. The van der Waals surface area contributed by atoms with Crippen molar-refractivity contribution in [3.05, 3.63) is 70.9 Å². The van der Waals surface area contributed by atoms with E-state index in [1.807, 2.05) is 13.0 Å². The van der Waals surface area contributed by atoms with Crippen LogP contribution in [0.2, 0.25) is 0 Å². The van der Waals surface area contributed by atoms with Gasteiger partial charge in [0, 0.05) is 48.7 Å². The van der Waals surface area contributed by atoms with Crippen LogP contribution in [0.25, 0.3) is 11.3 Å². The van der Waals surface area contributed by atoms with Gasteiger partial charge in [-0.2, -0.15) is 5.10 Å². The van der Waals surface area contributed by atoms with Crippen LogP contribution in [-0.2, 0) is 13.0 Å². The van der Waals surface area contributed by atoms with Gasteiger partial charge in [-0.25, -0.2) is 4.39 Å². The first-order chi connectivity index (χ1) is 12.1. The zero-order chi connectivity index (χ0) is 17.4. The Bertz CT molecular complexity index is 950. The Labute approximate surface area is 144 Å². The van der Waals surface area contributed by atoms with E-state index in [2.05, 4.69) is 15.2 Å². The fraction of sp³-hybridized carbons (Fsp3) is 0.211. The molecule has 0 aliphatic carbocycles. The average molecular weight is 336 g/mol. The first kappa shape index (κ1) is 15.5. The van der Waals surface area contributed by atoms with Gasteiger partial charge in [0.05, 0.1) is 5.56 Å². The van der Waals surface area contributed by atoms with Gasteiger partial charge in [-0.05, 0) is 30.7 Å². The molecule has 3 aromatic rings. The molecule has 1 aliphatic heterocycles. The quantitative estimate of drug-likeness (QED) is 0.782. The molecular weight excluding hydrogens is 319 g/mol. The molecule has 0 bridgehead atoms. The Kier molecular flexibility index (Phi) is 3.80. The summed E-state index contributed by atoms with van der Waals surface area (Å²) in [7, 11) is 0. The monoisotopic (exact) mass is 336 g/mol. The maximum absolute atomic E-state index is 14.1. The summed E-state index contributed by atoms with van der Waals surface area (Å²) >= 11 is 0. The molecule has 4 rings (SSSR count). The van der Waals surface area contributed by atoms with Gasteiger partial charge in [0.1, 0.15) is 11.5 Å². The van der Waals surface area contributed by atoms with Crippen LogP contribution in [0.3, 0.4) is 0 Å². The molecule has 3 heterocycles. The summed E-state index contributed by atoms with van der Waals surface area (Å²) < 4.78 is 14.1. The van der Waals surface area contributed by atoms with Crippen LogP contribution in [0.5, 0.6) is 0 Å². The summed E-state index contributed by atoms with van der Waals surface area (Å²) in [6.07, 6.45) is 3.97. The molecule has 6 heteroatoms. The molecule has 0 atom stereocenters. The van der Waals surface area contributed by atoms with E-state index in [1.165, 1.54) is 6.07 Å². The Hall–Kier alpha value is -3.02. The lowest BCUT2D eigenvalue weighted by atomic mass is 10.00. The van der Waals surface area contributed by atoms with Gasteiger partial charge in [-0.15, -0.1) is 0 Å². The van der Waals surface area contributed by atoms with Gasteiger partial charge < -0.3 is 4.90 Å². The summed E-state index contributed by atoms with van der Waals surface area (Å²) in [5, 5.41) is 7.29. The highest BCUT2D eigenvalue weighted by atomic mass is 19.1. The van der Waals surface area contributed by atoms with Gasteiger partial charge in [0.2, 0.25) is 0 Å². The van der Waals surface area contributed by atoms with Crippen molar-refractivity contribution in [1.29, 1.82) is 0 Å². The molecule has 1 amide bonds. The molecule has 2 aromatic heterocycles. The molecular formula is C19H17FN4O. The number of aromatic amines is 1. The number of rotatable bonds is 2. The molecule has 5 nitrogen and oxygen atoms in total. The number of amides is 1. The first-order valence-corrected chi connectivity index (χ1v) is 8.15. The number of hydrogen-bond acceptors (Lipinski definition) is 3. The van der Waals surface area contributed by atoms with Crippen molar-refractivity contribution < 1.29 is 9.18 Å². The number of pyridine rings is 1. The molecule has 0 spiro atoms. The number of aryl methyl sites for hydroxylation is 1. The summed E-state index contributed by atoms with van der Waals surface area (Å²) in [5.74, 6) is -0.384. The molecule has 0 radical (unpaired) electrons. The van der Waals surface area contributed by atoms with Crippen molar-refractivity contribution in [1.82, 2.24) is 20.1 Å².